The van der Waals surface area contributed by atoms with Crippen LogP contribution in [0.1, 0.15) is 38.5 Å². The summed E-state index contributed by atoms with van der Waals surface area (Å²) in [7, 11) is -0.719. The summed E-state index contributed by atoms with van der Waals surface area (Å²) in [6, 6.07) is 0.759. The van der Waals surface area contributed by atoms with Crippen molar-refractivity contribution in [3.05, 3.63) is 0 Å². The number of nitrogens with zero attached hydrogens (tertiary/aromatic N) is 1. The first-order chi connectivity index (χ1) is 8.48. The van der Waals surface area contributed by atoms with Crippen LogP contribution in [0.3, 0.4) is 0 Å². The van der Waals surface area contributed by atoms with Crippen molar-refractivity contribution in [2.24, 2.45) is 0 Å². The molecule has 3 atom stereocenters. The smallest absolute Gasteiger partial charge is 0.151 e. The quantitative estimate of drug-likeness (QED) is 0.832. The molecule has 0 bridgehead atoms. The molecule has 1 heterocycles. The van der Waals surface area contributed by atoms with Crippen molar-refractivity contribution in [3.8, 4) is 0 Å². The molecule has 3 unspecified atom stereocenters. The van der Waals surface area contributed by atoms with E-state index in [1.807, 2.05) is 0 Å². The Hall–Kier alpha value is -0.130. The standard InChI is InChI=1S/C13H26N2O2S/c1-15-9-4-3-6-11(15)10-14-12-7-5-8-13(12)18(2,16)17/h11-14H,3-10H2,1-2H3. The maximum atomic E-state index is 11.7. The van der Waals surface area contributed by atoms with Crippen LogP contribution in [-0.4, -0.2) is 57.0 Å². The highest BCUT2D eigenvalue weighted by molar-refractivity contribution is 7.91. The normalized spacial score (nSPS) is 34.9. The fourth-order valence-electron chi connectivity index (χ4n) is 3.36. The van der Waals surface area contributed by atoms with Crippen LogP contribution in [0.25, 0.3) is 0 Å². The summed E-state index contributed by atoms with van der Waals surface area (Å²) < 4.78 is 23.4. The number of hydrogen-bond acceptors (Lipinski definition) is 4. The lowest BCUT2D eigenvalue weighted by Gasteiger charge is -2.34. The molecule has 5 heteroatoms. The van der Waals surface area contributed by atoms with Crippen molar-refractivity contribution in [2.75, 3.05) is 26.4 Å². The van der Waals surface area contributed by atoms with Crippen LogP contribution in [0.4, 0.5) is 0 Å². The highest BCUT2D eigenvalue weighted by atomic mass is 32.2. The minimum atomic E-state index is -2.89. The van der Waals surface area contributed by atoms with Crippen molar-refractivity contribution < 1.29 is 8.42 Å². The van der Waals surface area contributed by atoms with Crippen LogP contribution < -0.4 is 5.32 Å². The van der Waals surface area contributed by atoms with E-state index < -0.39 is 9.84 Å². The second kappa shape index (κ2) is 5.88. The number of piperidine rings is 1. The van der Waals surface area contributed by atoms with E-state index in [2.05, 4.69) is 17.3 Å². The van der Waals surface area contributed by atoms with Gasteiger partial charge in [-0.15, -0.1) is 0 Å². The summed E-state index contributed by atoms with van der Waals surface area (Å²) in [5, 5.41) is 3.36. The molecule has 0 aromatic heterocycles. The second-order valence-corrected chi connectivity index (χ2v) is 8.21. The van der Waals surface area contributed by atoms with Gasteiger partial charge in [-0.3, -0.25) is 0 Å². The van der Waals surface area contributed by atoms with Gasteiger partial charge in [0.15, 0.2) is 9.84 Å². The van der Waals surface area contributed by atoms with Crippen LogP contribution >= 0.6 is 0 Å². The minimum absolute atomic E-state index is 0.161. The molecule has 0 aromatic rings. The molecule has 1 saturated carbocycles. The van der Waals surface area contributed by atoms with Crippen LogP contribution in [-0.2, 0) is 9.84 Å². The fraction of sp³-hybridized carbons (Fsp3) is 1.00. The Morgan fingerprint density at radius 3 is 2.61 bits per heavy atom. The first kappa shape index (κ1) is 14.3. The van der Waals surface area contributed by atoms with Crippen molar-refractivity contribution >= 4 is 9.84 Å². The Morgan fingerprint density at radius 2 is 1.94 bits per heavy atom. The number of likely N-dealkylation sites (tertiary alicyclic amines) is 1. The maximum absolute atomic E-state index is 11.7. The highest BCUT2D eigenvalue weighted by Gasteiger charge is 2.35. The van der Waals surface area contributed by atoms with Gasteiger partial charge in [0.05, 0.1) is 5.25 Å². The van der Waals surface area contributed by atoms with E-state index in [9.17, 15) is 8.42 Å². The third-order valence-electron chi connectivity index (χ3n) is 4.54. The first-order valence-corrected chi connectivity index (χ1v) is 9.06. The largest absolute Gasteiger partial charge is 0.311 e. The highest BCUT2D eigenvalue weighted by Crippen LogP contribution is 2.25. The van der Waals surface area contributed by atoms with Gasteiger partial charge in [0.2, 0.25) is 0 Å². The van der Waals surface area contributed by atoms with Crippen LogP contribution in [0.2, 0.25) is 0 Å². The molecule has 0 amide bonds. The molecule has 2 aliphatic rings. The van der Waals surface area contributed by atoms with Gasteiger partial charge in [-0.05, 0) is 39.3 Å². The van der Waals surface area contributed by atoms with Crippen molar-refractivity contribution in [3.63, 3.8) is 0 Å². The number of likely N-dealkylation sites (N-methyl/N-ethyl adjacent to an activating group) is 1. The molecule has 1 aliphatic carbocycles. The van der Waals surface area contributed by atoms with E-state index in [0.717, 1.165) is 25.8 Å². The molecular weight excluding hydrogens is 248 g/mol. The van der Waals surface area contributed by atoms with Crippen LogP contribution in [0, 0.1) is 0 Å². The zero-order valence-corrected chi connectivity index (χ0v) is 12.4. The van der Waals surface area contributed by atoms with E-state index in [1.54, 1.807) is 0 Å². The van der Waals surface area contributed by atoms with Gasteiger partial charge >= 0.3 is 0 Å². The molecule has 106 valence electrons. The van der Waals surface area contributed by atoms with Gasteiger partial charge in [-0.1, -0.05) is 12.8 Å². The van der Waals surface area contributed by atoms with Gasteiger partial charge in [0, 0.05) is 24.9 Å². The van der Waals surface area contributed by atoms with Gasteiger partial charge in [0.1, 0.15) is 0 Å². The van der Waals surface area contributed by atoms with E-state index in [4.69, 9.17) is 0 Å². The third kappa shape index (κ3) is 3.45. The Morgan fingerprint density at radius 1 is 1.17 bits per heavy atom. The molecular formula is C13H26N2O2S. The molecule has 0 aromatic carbocycles. The van der Waals surface area contributed by atoms with Crippen molar-refractivity contribution in [1.82, 2.24) is 10.2 Å². The first-order valence-electron chi connectivity index (χ1n) is 7.11. The monoisotopic (exact) mass is 274 g/mol. The minimum Gasteiger partial charge on any atom is -0.311 e. The van der Waals surface area contributed by atoms with Gasteiger partial charge in [-0.2, -0.15) is 0 Å². The topological polar surface area (TPSA) is 49.4 Å². The molecule has 4 nitrogen and oxygen atoms in total. The lowest BCUT2D eigenvalue weighted by atomic mass is 10.0. The average Bonchev–Trinajstić information content (AvgIpc) is 2.76. The molecule has 18 heavy (non-hydrogen) atoms. The van der Waals surface area contributed by atoms with Crippen LogP contribution in [0.5, 0.6) is 0 Å². The maximum Gasteiger partial charge on any atom is 0.151 e. The lowest BCUT2D eigenvalue weighted by Crippen LogP contribution is -2.48. The van der Waals surface area contributed by atoms with E-state index in [1.165, 1.54) is 32.1 Å². The zero-order chi connectivity index (χ0) is 13.2. The van der Waals surface area contributed by atoms with E-state index in [-0.39, 0.29) is 11.3 Å². The predicted molar refractivity (Wildman–Crippen MR) is 74.5 cm³/mol. The van der Waals surface area contributed by atoms with Crippen molar-refractivity contribution in [1.29, 1.82) is 0 Å². The number of hydrogen-bond donors (Lipinski definition) is 1. The summed E-state index contributed by atoms with van der Waals surface area (Å²) in [5.74, 6) is 0. The molecule has 0 radical (unpaired) electrons. The molecule has 0 spiro atoms. The summed E-state index contributed by atoms with van der Waals surface area (Å²) in [5.41, 5.74) is 0. The number of sulfone groups is 1. The summed E-state index contributed by atoms with van der Waals surface area (Å²) in [4.78, 5) is 2.40. The zero-order valence-electron chi connectivity index (χ0n) is 11.6. The van der Waals surface area contributed by atoms with Gasteiger partial charge in [-0.25, -0.2) is 8.42 Å². The van der Waals surface area contributed by atoms with Crippen molar-refractivity contribution in [2.45, 2.75) is 55.9 Å². The Balaban J connectivity index is 1.85. The third-order valence-corrected chi connectivity index (χ3v) is 6.20. The average molecular weight is 274 g/mol. The SMILES string of the molecule is CN1CCCCC1CNC1CCCC1S(C)(=O)=O. The Labute approximate surface area is 111 Å². The van der Waals surface area contributed by atoms with E-state index >= 15 is 0 Å². The van der Waals surface area contributed by atoms with Gasteiger partial charge in [0.25, 0.3) is 0 Å². The molecule has 2 rings (SSSR count). The summed E-state index contributed by atoms with van der Waals surface area (Å²) >= 11 is 0. The molecule has 1 saturated heterocycles. The van der Waals surface area contributed by atoms with E-state index in [0.29, 0.717) is 6.04 Å². The Kier molecular flexibility index (Phi) is 4.67. The second-order valence-electron chi connectivity index (χ2n) is 5.94. The Bertz CT molecular complexity index is 369. The molecule has 2 fully saturated rings. The number of rotatable bonds is 4. The van der Waals surface area contributed by atoms with Crippen LogP contribution in [0.15, 0.2) is 0 Å². The number of nitrogens with one attached hydrogen (secondary N) is 1. The predicted octanol–water partition coefficient (Wildman–Crippen LogP) is 1.03. The summed E-state index contributed by atoms with van der Waals surface area (Å²) in [6.45, 7) is 2.11. The van der Waals surface area contributed by atoms with Gasteiger partial charge < -0.3 is 10.2 Å². The molecule has 1 N–H and O–H groups in total. The lowest BCUT2D eigenvalue weighted by molar-refractivity contribution is 0.178. The summed E-state index contributed by atoms with van der Waals surface area (Å²) in [6.07, 6.45) is 8.09. The fourth-order valence-corrected chi connectivity index (χ4v) is 4.79. The molecule has 1 aliphatic heterocycles.